The van der Waals surface area contributed by atoms with E-state index < -0.39 is 10.0 Å². The second kappa shape index (κ2) is 14.9. The maximum Gasteiger partial charge on any atom is 0.246 e. The highest BCUT2D eigenvalue weighted by Crippen LogP contribution is 2.40. The minimum absolute atomic E-state index is 0.0806. The van der Waals surface area contributed by atoms with Crippen molar-refractivity contribution in [1.82, 2.24) is 14.9 Å². The molecule has 0 saturated heterocycles. The van der Waals surface area contributed by atoms with Crippen LogP contribution in [0.4, 0.5) is 0 Å². The van der Waals surface area contributed by atoms with Crippen LogP contribution in [0.5, 0.6) is 0 Å². The molecule has 9 heteroatoms. The van der Waals surface area contributed by atoms with Crippen molar-refractivity contribution in [2.45, 2.75) is 43.0 Å². The number of carbonyl (C=O) groups excluding carboxylic acids is 1. The Morgan fingerprint density at radius 3 is 2.42 bits per heavy atom. The van der Waals surface area contributed by atoms with E-state index in [1.54, 1.807) is 12.1 Å². The zero-order valence-electron chi connectivity index (χ0n) is 23.4. The summed E-state index contributed by atoms with van der Waals surface area (Å²) in [5, 5.41) is 5.15. The Hall–Kier alpha value is -2.56. The van der Waals surface area contributed by atoms with E-state index in [-0.39, 0.29) is 30.6 Å². The molecule has 0 radical (unpaired) electrons. The minimum atomic E-state index is -3.70. The smallest absolute Gasteiger partial charge is 0.246 e. The molecule has 1 unspecified atom stereocenters. The van der Waals surface area contributed by atoms with E-state index in [0.29, 0.717) is 30.8 Å². The van der Waals surface area contributed by atoms with Gasteiger partial charge in [-0.25, -0.2) is 13.1 Å². The third-order valence-corrected chi connectivity index (χ3v) is 10.1. The van der Waals surface area contributed by atoms with Gasteiger partial charge in [0.2, 0.25) is 15.9 Å². The van der Waals surface area contributed by atoms with Crippen LogP contribution >= 0.6 is 11.3 Å². The van der Waals surface area contributed by atoms with Crippen molar-refractivity contribution >= 4 is 27.3 Å². The highest BCUT2D eigenvalue weighted by molar-refractivity contribution is 7.89. The van der Waals surface area contributed by atoms with Crippen LogP contribution in [0.1, 0.15) is 47.7 Å². The van der Waals surface area contributed by atoms with E-state index in [4.69, 9.17) is 4.74 Å². The summed E-state index contributed by atoms with van der Waals surface area (Å²) in [6.45, 7) is 0.790. The summed E-state index contributed by atoms with van der Waals surface area (Å²) >= 11 is 1.83. The molecular formula is C31H41N3O4S2. The molecule has 0 aliphatic heterocycles. The predicted molar refractivity (Wildman–Crippen MR) is 161 cm³/mol. The number of benzene rings is 2. The third-order valence-electron chi connectivity index (χ3n) is 7.59. The standard InChI is InChI=1S/C31H41N3O4S2/c1-34(2)31(28-12-8-20-39-28)26-16-14-25(15-17-26)22-32-30(35)23-38-19-18-33-40(36,37)29-13-7-6-11-27(29)21-24-9-4-3-5-10-24/h3-13,20,25-26,31,33H,14-19,21-23H2,1-2H3,(H,32,35). The van der Waals surface area contributed by atoms with Crippen molar-refractivity contribution in [1.29, 1.82) is 0 Å². The van der Waals surface area contributed by atoms with Gasteiger partial charge in [0.15, 0.2) is 0 Å². The fourth-order valence-electron chi connectivity index (χ4n) is 5.60. The van der Waals surface area contributed by atoms with Crippen molar-refractivity contribution in [2.75, 3.05) is 40.4 Å². The van der Waals surface area contributed by atoms with Crippen molar-refractivity contribution in [3.8, 4) is 0 Å². The molecule has 7 nitrogen and oxygen atoms in total. The van der Waals surface area contributed by atoms with E-state index >= 15 is 0 Å². The molecule has 2 aromatic carbocycles. The number of nitrogens with one attached hydrogen (secondary N) is 2. The Labute approximate surface area is 243 Å². The average molecular weight is 584 g/mol. The summed E-state index contributed by atoms with van der Waals surface area (Å²) < 4.78 is 33.9. The van der Waals surface area contributed by atoms with E-state index in [2.05, 4.69) is 46.5 Å². The number of rotatable bonds is 14. The molecule has 0 spiro atoms. The van der Waals surface area contributed by atoms with Gasteiger partial charge in [-0.1, -0.05) is 54.6 Å². The van der Waals surface area contributed by atoms with Gasteiger partial charge < -0.3 is 15.0 Å². The van der Waals surface area contributed by atoms with Crippen molar-refractivity contribution < 1.29 is 17.9 Å². The highest BCUT2D eigenvalue weighted by Gasteiger charge is 2.30. The topological polar surface area (TPSA) is 87.7 Å². The number of ether oxygens (including phenoxy) is 1. The first-order chi connectivity index (χ1) is 19.3. The number of amides is 1. The summed E-state index contributed by atoms with van der Waals surface area (Å²) in [4.78, 5) is 16.3. The normalized spacial score (nSPS) is 18.5. The maximum absolute atomic E-state index is 12.9. The zero-order valence-corrected chi connectivity index (χ0v) is 25.1. The summed E-state index contributed by atoms with van der Waals surface area (Å²) in [6.07, 6.45) is 5.06. The lowest BCUT2D eigenvalue weighted by atomic mass is 9.77. The van der Waals surface area contributed by atoms with Crippen LogP contribution in [0.3, 0.4) is 0 Å². The van der Waals surface area contributed by atoms with Crippen LogP contribution in [0.25, 0.3) is 0 Å². The van der Waals surface area contributed by atoms with Gasteiger partial charge in [0, 0.05) is 24.0 Å². The molecule has 4 rings (SSSR count). The van der Waals surface area contributed by atoms with Gasteiger partial charge in [-0.3, -0.25) is 4.79 Å². The lowest BCUT2D eigenvalue weighted by Gasteiger charge is -2.37. The van der Waals surface area contributed by atoms with Crippen molar-refractivity contribution in [2.24, 2.45) is 11.8 Å². The van der Waals surface area contributed by atoms with Crippen LogP contribution < -0.4 is 10.0 Å². The Balaban J connectivity index is 1.14. The molecule has 1 aromatic heterocycles. The predicted octanol–water partition coefficient (Wildman–Crippen LogP) is 4.86. The molecule has 216 valence electrons. The first-order valence-electron chi connectivity index (χ1n) is 14.0. The second-order valence-electron chi connectivity index (χ2n) is 10.7. The molecule has 3 aromatic rings. The fraction of sp³-hybridized carbons (Fsp3) is 0.452. The summed E-state index contributed by atoms with van der Waals surface area (Å²) in [7, 11) is 0.619. The summed E-state index contributed by atoms with van der Waals surface area (Å²) in [5.41, 5.74) is 1.78. The minimum Gasteiger partial charge on any atom is -0.370 e. The van der Waals surface area contributed by atoms with Crippen LogP contribution in [0.15, 0.2) is 77.0 Å². The van der Waals surface area contributed by atoms with Gasteiger partial charge in [-0.2, -0.15) is 0 Å². The second-order valence-corrected chi connectivity index (χ2v) is 13.4. The van der Waals surface area contributed by atoms with Crippen LogP contribution in [-0.2, 0) is 26.0 Å². The van der Waals surface area contributed by atoms with E-state index in [1.807, 2.05) is 53.8 Å². The zero-order chi connectivity index (χ0) is 28.4. The Morgan fingerprint density at radius 1 is 1.00 bits per heavy atom. The van der Waals surface area contributed by atoms with Gasteiger partial charge in [-0.05, 0) is 86.7 Å². The molecule has 1 aliphatic carbocycles. The van der Waals surface area contributed by atoms with Gasteiger partial charge in [-0.15, -0.1) is 11.3 Å². The lowest BCUT2D eigenvalue weighted by Crippen LogP contribution is -2.36. The Morgan fingerprint density at radius 2 is 1.73 bits per heavy atom. The number of hydrogen-bond acceptors (Lipinski definition) is 6. The molecule has 2 N–H and O–H groups in total. The largest absolute Gasteiger partial charge is 0.370 e. The summed E-state index contributed by atoms with van der Waals surface area (Å²) in [6, 6.07) is 21.6. The molecule has 1 atom stereocenters. The van der Waals surface area contributed by atoms with Crippen molar-refractivity contribution in [3.63, 3.8) is 0 Å². The Kier molecular flexibility index (Phi) is 11.3. The third kappa shape index (κ3) is 8.72. The molecule has 1 saturated carbocycles. The van der Waals surface area contributed by atoms with Crippen molar-refractivity contribution in [3.05, 3.63) is 88.1 Å². The average Bonchev–Trinajstić information content (AvgIpc) is 3.47. The number of sulfonamides is 1. The molecule has 1 fully saturated rings. The van der Waals surface area contributed by atoms with E-state index in [0.717, 1.165) is 36.8 Å². The van der Waals surface area contributed by atoms with Crippen LogP contribution in [0.2, 0.25) is 0 Å². The number of nitrogens with zero attached hydrogens (tertiary/aromatic N) is 1. The summed E-state index contributed by atoms with van der Waals surface area (Å²) in [5.74, 6) is 0.954. The van der Waals surface area contributed by atoms with Crippen LogP contribution in [-0.4, -0.2) is 59.6 Å². The van der Waals surface area contributed by atoms with Gasteiger partial charge in [0.05, 0.1) is 11.5 Å². The number of carbonyl (C=O) groups is 1. The number of thiophene rings is 1. The quantitative estimate of drug-likeness (QED) is 0.265. The number of hydrogen-bond donors (Lipinski definition) is 2. The van der Waals surface area contributed by atoms with E-state index in [1.165, 1.54) is 4.88 Å². The fourth-order valence-corrected chi connectivity index (χ4v) is 7.87. The van der Waals surface area contributed by atoms with Crippen LogP contribution in [0, 0.1) is 11.8 Å². The molecule has 1 heterocycles. The van der Waals surface area contributed by atoms with E-state index in [9.17, 15) is 13.2 Å². The highest BCUT2D eigenvalue weighted by atomic mass is 32.2. The van der Waals surface area contributed by atoms with Gasteiger partial charge in [0.25, 0.3) is 0 Å². The first-order valence-corrected chi connectivity index (χ1v) is 16.4. The molecule has 0 bridgehead atoms. The maximum atomic E-state index is 12.9. The molecule has 40 heavy (non-hydrogen) atoms. The molecule has 1 aliphatic rings. The first kappa shape index (κ1) is 30.4. The lowest BCUT2D eigenvalue weighted by molar-refractivity contribution is -0.125. The molecule has 1 amide bonds. The van der Waals surface area contributed by atoms with Gasteiger partial charge >= 0.3 is 0 Å². The van der Waals surface area contributed by atoms with Gasteiger partial charge in [0.1, 0.15) is 6.61 Å². The Bertz CT molecular complexity index is 1290. The monoisotopic (exact) mass is 583 g/mol. The SMILES string of the molecule is CN(C)C(c1cccs1)C1CCC(CNC(=O)COCCNS(=O)(=O)c2ccccc2Cc2ccccc2)CC1. The molecular weight excluding hydrogens is 542 g/mol.